The van der Waals surface area contributed by atoms with E-state index in [0.717, 1.165) is 18.8 Å². The van der Waals surface area contributed by atoms with Crippen LogP contribution in [0.2, 0.25) is 0 Å². The zero-order chi connectivity index (χ0) is 14.7. The summed E-state index contributed by atoms with van der Waals surface area (Å²) in [6.45, 7) is 3.67. The van der Waals surface area contributed by atoms with Crippen LogP contribution in [-0.2, 0) is 0 Å². The number of benzene rings is 1. The normalized spacial score (nSPS) is 14.8. The lowest BCUT2D eigenvalue weighted by Crippen LogP contribution is -2.37. The summed E-state index contributed by atoms with van der Waals surface area (Å²) < 4.78 is 0. The van der Waals surface area contributed by atoms with Gasteiger partial charge in [0.25, 0.3) is 5.91 Å². The molecular weight excluding hydrogens is 250 g/mol. The molecule has 110 valence electrons. The quantitative estimate of drug-likeness (QED) is 0.840. The van der Waals surface area contributed by atoms with E-state index in [9.17, 15) is 4.79 Å². The van der Waals surface area contributed by atoms with Crippen molar-refractivity contribution in [2.24, 2.45) is 5.92 Å². The molecule has 0 radical (unpaired) electrons. The zero-order valence-corrected chi connectivity index (χ0v) is 12.7. The molecule has 0 unspecified atom stereocenters. The van der Waals surface area contributed by atoms with Crippen molar-refractivity contribution in [1.82, 2.24) is 4.90 Å². The van der Waals surface area contributed by atoms with Gasteiger partial charge in [-0.2, -0.15) is 0 Å². The van der Waals surface area contributed by atoms with Crippen molar-refractivity contribution in [2.75, 3.05) is 37.8 Å². The van der Waals surface area contributed by atoms with Gasteiger partial charge >= 0.3 is 0 Å². The van der Waals surface area contributed by atoms with Crippen LogP contribution in [0.5, 0.6) is 0 Å². The van der Waals surface area contributed by atoms with Gasteiger partial charge in [-0.15, -0.1) is 0 Å². The molecule has 0 aliphatic heterocycles. The molecule has 1 aromatic carbocycles. The van der Waals surface area contributed by atoms with Crippen LogP contribution in [0.1, 0.15) is 36.5 Å². The molecule has 4 heteroatoms. The van der Waals surface area contributed by atoms with Crippen molar-refractivity contribution in [1.29, 1.82) is 0 Å². The Morgan fingerprint density at radius 2 is 2.05 bits per heavy atom. The molecule has 2 N–H and O–H groups in total. The second-order valence-electron chi connectivity index (χ2n) is 5.81. The smallest absolute Gasteiger partial charge is 0.253 e. The van der Waals surface area contributed by atoms with Gasteiger partial charge in [0.2, 0.25) is 0 Å². The Morgan fingerprint density at radius 3 is 2.50 bits per heavy atom. The van der Waals surface area contributed by atoms with E-state index in [2.05, 4.69) is 0 Å². The van der Waals surface area contributed by atoms with E-state index in [-0.39, 0.29) is 5.91 Å². The molecule has 1 aliphatic carbocycles. The average Bonchev–Trinajstić information content (AvgIpc) is 2.36. The molecule has 1 fully saturated rings. The number of nitrogens with two attached hydrogens (primary N) is 1. The first kappa shape index (κ1) is 14.7. The van der Waals surface area contributed by atoms with Crippen molar-refractivity contribution < 1.29 is 4.79 Å². The summed E-state index contributed by atoms with van der Waals surface area (Å²) in [6.07, 6.45) is 3.82. The molecule has 0 atom stereocenters. The molecule has 0 spiro atoms. The fourth-order valence-electron chi connectivity index (χ4n) is 2.62. The van der Waals surface area contributed by atoms with E-state index in [0.29, 0.717) is 17.2 Å². The Kier molecular flexibility index (Phi) is 4.53. The number of hydrogen-bond donors (Lipinski definition) is 1. The van der Waals surface area contributed by atoms with E-state index in [1.807, 2.05) is 43.0 Å². The summed E-state index contributed by atoms with van der Waals surface area (Å²) >= 11 is 0. The molecule has 1 aliphatic rings. The maximum absolute atomic E-state index is 12.5. The highest BCUT2D eigenvalue weighted by Gasteiger charge is 2.23. The van der Waals surface area contributed by atoms with Crippen molar-refractivity contribution >= 4 is 17.3 Å². The van der Waals surface area contributed by atoms with Crippen LogP contribution >= 0.6 is 0 Å². The standard InChI is InChI=1S/C16H25N3O/c1-4-19(11-12-6-5-7-12)16(20)13-8-9-15(18(2)3)14(17)10-13/h8-10,12H,4-7,11,17H2,1-3H3. The van der Waals surface area contributed by atoms with Gasteiger partial charge in [0.1, 0.15) is 0 Å². The van der Waals surface area contributed by atoms with Crippen molar-refractivity contribution in [3.05, 3.63) is 23.8 Å². The first-order valence-corrected chi connectivity index (χ1v) is 7.39. The molecule has 1 saturated carbocycles. The molecule has 0 bridgehead atoms. The monoisotopic (exact) mass is 275 g/mol. The minimum Gasteiger partial charge on any atom is -0.397 e. The molecule has 1 aromatic rings. The summed E-state index contributed by atoms with van der Waals surface area (Å²) in [7, 11) is 3.89. The average molecular weight is 275 g/mol. The van der Waals surface area contributed by atoms with Gasteiger partial charge in [0, 0.05) is 32.7 Å². The van der Waals surface area contributed by atoms with Crippen LogP contribution in [0.25, 0.3) is 0 Å². The molecule has 2 rings (SSSR count). The number of carbonyl (C=O) groups excluding carboxylic acids is 1. The van der Waals surface area contributed by atoms with Crippen LogP contribution in [0, 0.1) is 5.92 Å². The van der Waals surface area contributed by atoms with Crippen LogP contribution in [0.15, 0.2) is 18.2 Å². The molecule has 20 heavy (non-hydrogen) atoms. The highest BCUT2D eigenvalue weighted by molar-refractivity contribution is 5.96. The van der Waals surface area contributed by atoms with Crippen LogP contribution < -0.4 is 10.6 Å². The minimum absolute atomic E-state index is 0.0939. The van der Waals surface area contributed by atoms with E-state index < -0.39 is 0 Å². The Bertz CT molecular complexity index is 481. The van der Waals surface area contributed by atoms with Gasteiger partial charge in [0.15, 0.2) is 0 Å². The molecule has 1 amide bonds. The molecule has 0 heterocycles. The van der Waals surface area contributed by atoms with Gasteiger partial charge in [-0.05, 0) is 43.9 Å². The highest BCUT2D eigenvalue weighted by atomic mass is 16.2. The number of nitrogens with zero attached hydrogens (tertiary/aromatic N) is 2. The number of nitrogen functional groups attached to an aromatic ring is 1. The maximum Gasteiger partial charge on any atom is 0.253 e. The molecule has 0 aromatic heterocycles. The van der Waals surface area contributed by atoms with Gasteiger partial charge in [-0.1, -0.05) is 6.42 Å². The maximum atomic E-state index is 12.5. The van der Waals surface area contributed by atoms with Crippen LogP contribution in [0.4, 0.5) is 11.4 Å². The number of carbonyl (C=O) groups is 1. The lowest BCUT2D eigenvalue weighted by molar-refractivity contribution is 0.0706. The second-order valence-corrected chi connectivity index (χ2v) is 5.81. The Morgan fingerprint density at radius 1 is 1.35 bits per heavy atom. The SMILES string of the molecule is CCN(CC1CCC1)C(=O)c1ccc(N(C)C)c(N)c1. The lowest BCUT2D eigenvalue weighted by Gasteiger charge is -2.32. The fraction of sp³-hybridized carbons (Fsp3) is 0.562. The summed E-state index contributed by atoms with van der Waals surface area (Å²) in [6, 6.07) is 5.58. The van der Waals surface area contributed by atoms with E-state index in [1.165, 1.54) is 19.3 Å². The zero-order valence-electron chi connectivity index (χ0n) is 12.7. The predicted molar refractivity (Wildman–Crippen MR) is 84.1 cm³/mol. The molecule has 4 nitrogen and oxygen atoms in total. The molecular formula is C16H25N3O. The third-order valence-corrected chi connectivity index (χ3v) is 4.13. The summed E-state index contributed by atoms with van der Waals surface area (Å²) in [5.74, 6) is 0.786. The lowest BCUT2D eigenvalue weighted by atomic mass is 9.85. The van der Waals surface area contributed by atoms with Crippen molar-refractivity contribution in [2.45, 2.75) is 26.2 Å². The first-order chi connectivity index (χ1) is 9.52. The highest BCUT2D eigenvalue weighted by Crippen LogP contribution is 2.28. The predicted octanol–water partition coefficient (Wildman–Crippen LogP) is 2.60. The van der Waals surface area contributed by atoms with Crippen molar-refractivity contribution in [3.63, 3.8) is 0 Å². The number of rotatable bonds is 5. The first-order valence-electron chi connectivity index (χ1n) is 7.39. The number of anilines is 2. The third kappa shape index (κ3) is 3.06. The molecule has 0 saturated heterocycles. The topological polar surface area (TPSA) is 49.6 Å². The summed E-state index contributed by atoms with van der Waals surface area (Å²) in [5.41, 5.74) is 8.32. The third-order valence-electron chi connectivity index (χ3n) is 4.13. The minimum atomic E-state index is 0.0939. The van der Waals surface area contributed by atoms with Gasteiger partial charge in [-0.3, -0.25) is 4.79 Å². The van der Waals surface area contributed by atoms with Crippen LogP contribution in [0.3, 0.4) is 0 Å². The van der Waals surface area contributed by atoms with Crippen molar-refractivity contribution in [3.8, 4) is 0 Å². The number of amides is 1. The van der Waals surface area contributed by atoms with Gasteiger partial charge < -0.3 is 15.5 Å². The van der Waals surface area contributed by atoms with E-state index >= 15 is 0 Å². The second kappa shape index (κ2) is 6.16. The summed E-state index contributed by atoms with van der Waals surface area (Å²) in [5, 5.41) is 0. The van der Waals surface area contributed by atoms with Gasteiger partial charge in [-0.25, -0.2) is 0 Å². The largest absolute Gasteiger partial charge is 0.397 e. The van der Waals surface area contributed by atoms with Gasteiger partial charge in [0.05, 0.1) is 11.4 Å². The number of hydrogen-bond acceptors (Lipinski definition) is 3. The van der Waals surface area contributed by atoms with E-state index in [4.69, 9.17) is 5.73 Å². The Labute approximate surface area is 121 Å². The Balaban J connectivity index is 2.12. The fourth-order valence-corrected chi connectivity index (χ4v) is 2.62. The Hall–Kier alpha value is -1.71. The van der Waals surface area contributed by atoms with E-state index in [1.54, 1.807) is 6.07 Å². The summed E-state index contributed by atoms with van der Waals surface area (Å²) in [4.78, 5) is 16.4. The van der Waals surface area contributed by atoms with Crippen LogP contribution in [-0.4, -0.2) is 38.0 Å².